The third-order valence-electron chi connectivity index (χ3n) is 5.88. The second kappa shape index (κ2) is 9.99. The molecule has 1 aromatic carbocycles. The molecule has 2 fully saturated rings. The Balaban J connectivity index is 1.36. The third-order valence-corrected chi connectivity index (χ3v) is 5.88. The van der Waals surface area contributed by atoms with Crippen LogP contribution in [0.2, 0.25) is 0 Å². The van der Waals surface area contributed by atoms with Gasteiger partial charge in [-0.3, -0.25) is 9.59 Å². The lowest BCUT2D eigenvalue weighted by Gasteiger charge is -2.36. The maximum absolute atomic E-state index is 13.0. The minimum Gasteiger partial charge on any atom is -0.380 e. The zero-order valence-electron chi connectivity index (χ0n) is 18.9. The van der Waals surface area contributed by atoms with E-state index in [1.165, 1.54) is 0 Å². The molecule has 2 amide bonds. The van der Waals surface area contributed by atoms with Crippen LogP contribution in [0.4, 0.5) is 11.5 Å². The molecule has 0 atom stereocenters. The Morgan fingerprint density at radius 3 is 2.00 bits per heavy atom. The molecule has 0 saturated carbocycles. The van der Waals surface area contributed by atoms with Crippen LogP contribution in [0.5, 0.6) is 0 Å². The number of rotatable bonds is 5. The summed E-state index contributed by atoms with van der Waals surface area (Å²) < 4.78 is 0. The van der Waals surface area contributed by atoms with Crippen molar-refractivity contribution >= 4 is 23.3 Å². The molecular weight excluding hydrogens is 404 g/mol. The third kappa shape index (κ3) is 5.02. The molecule has 0 unspecified atom stereocenters. The van der Waals surface area contributed by atoms with Crippen LogP contribution in [0.1, 0.15) is 34.6 Å². The van der Waals surface area contributed by atoms with Crippen molar-refractivity contribution in [2.24, 2.45) is 0 Å². The average molecular weight is 437 g/mol. The van der Waals surface area contributed by atoms with Crippen LogP contribution in [0.15, 0.2) is 42.6 Å². The molecule has 0 bridgehead atoms. The van der Waals surface area contributed by atoms with E-state index in [4.69, 9.17) is 0 Å². The highest BCUT2D eigenvalue weighted by Crippen LogP contribution is 2.25. The number of benzene rings is 1. The largest absolute Gasteiger partial charge is 0.380 e. The van der Waals surface area contributed by atoms with Gasteiger partial charge >= 0.3 is 0 Å². The molecule has 8 heteroatoms. The first-order valence-electron chi connectivity index (χ1n) is 11.4. The van der Waals surface area contributed by atoms with Gasteiger partial charge in [0.1, 0.15) is 0 Å². The molecular formula is C24H32N6O2. The highest BCUT2D eigenvalue weighted by atomic mass is 16.2. The molecule has 8 nitrogen and oxygen atoms in total. The molecule has 32 heavy (non-hydrogen) atoms. The van der Waals surface area contributed by atoms with Gasteiger partial charge in [-0.05, 0) is 50.2 Å². The van der Waals surface area contributed by atoms with Crippen LogP contribution >= 0.6 is 0 Å². The molecule has 170 valence electrons. The maximum atomic E-state index is 13.0. The number of carbonyl (C=O) groups excluding carboxylic acids is 2. The molecule has 0 aliphatic carbocycles. The van der Waals surface area contributed by atoms with Crippen molar-refractivity contribution in [1.29, 1.82) is 0 Å². The number of nitrogens with zero attached hydrogens (tertiary/aromatic N) is 4. The topological polar surface area (TPSA) is 80.8 Å². The summed E-state index contributed by atoms with van der Waals surface area (Å²) in [5, 5.41) is 6.70. The summed E-state index contributed by atoms with van der Waals surface area (Å²) in [7, 11) is 0. The van der Waals surface area contributed by atoms with Gasteiger partial charge in [-0.2, -0.15) is 0 Å². The molecule has 4 rings (SSSR count). The normalized spacial score (nSPS) is 16.9. The number of carbonyl (C=O) groups is 2. The van der Waals surface area contributed by atoms with Gasteiger partial charge < -0.3 is 25.3 Å². The van der Waals surface area contributed by atoms with Gasteiger partial charge in [-0.1, -0.05) is 0 Å². The molecule has 0 spiro atoms. The second-order valence-electron chi connectivity index (χ2n) is 8.57. The standard InChI is InChI=1S/C24H32N6O2/c1-18(2)27-21-4-3-9-26-22(21)28-14-16-30(17-15-28)24(32)20-7-5-19(6-8-20)23(31)29-12-10-25-11-13-29/h3-9,18,25,27H,10-17H2,1-2H3. The van der Waals surface area contributed by atoms with Gasteiger partial charge in [0, 0.05) is 75.7 Å². The average Bonchev–Trinajstić information content (AvgIpc) is 2.84. The fourth-order valence-electron chi connectivity index (χ4n) is 4.18. The number of hydrogen-bond acceptors (Lipinski definition) is 6. The Morgan fingerprint density at radius 2 is 1.44 bits per heavy atom. The fraction of sp³-hybridized carbons (Fsp3) is 0.458. The molecule has 3 heterocycles. The van der Waals surface area contributed by atoms with E-state index in [9.17, 15) is 9.59 Å². The molecule has 1 aromatic heterocycles. The van der Waals surface area contributed by atoms with Crippen molar-refractivity contribution < 1.29 is 9.59 Å². The van der Waals surface area contributed by atoms with E-state index in [1.807, 2.05) is 28.1 Å². The second-order valence-corrected chi connectivity index (χ2v) is 8.57. The molecule has 2 N–H and O–H groups in total. The van der Waals surface area contributed by atoms with Crippen molar-refractivity contribution in [3.05, 3.63) is 53.7 Å². The molecule has 2 aliphatic rings. The van der Waals surface area contributed by atoms with Gasteiger partial charge in [-0.15, -0.1) is 0 Å². The molecule has 2 saturated heterocycles. The quantitative estimate of drug-likeness (QED) is 0.745. The summed E-state index contributed by atoms with van der Waals surface area (Å²) in [6.45, 7) is 10.0. The Bertz CT molecular complexity index is 932. The van der Waals surface area contributed by atoms with Gasteiger partial charge in [0.15, 0.2) is 5.82 Å². The molecule has 2 aliphatic heterocycles. The first-order chi connectivity index (χ1) is 15.5. The van der Waals surface area contributed by atoms with E-state index in [1.54, 1.807) is 24.3 Å². The van der Waals surface area contributed by atoms with Crippen molar-refractivity contribution in [3.8, 4) is 0 Å². The first kappa shape index (κ1) is 22.1. The zero-order chi connectivity index (χ0) is 22.5. The number of piperazine rings is 2. The van der Waals surface area contributed by atoms with Gasteiger partial charge in [-0.25, -0.2) is 4.98 Å². The Morgan fingerprint density at radius 1 is 0.875 bits per heavy atom. The summed E-state index contributed by atoms with van der Waals surface area (Å²) in [5.41, 5.74) is 2.27. The molecule has 2 aromatic rings. The Hall–Kier alpha value is -3.13. The number of aromatic nitrogens is 1. The van der Waals surface area contributed by atoms with Gasteiger partial charge in [0.2, 0.25) is 0 Å². The number of pyridine rings is 1. The van der Waals surface area contributed by atoms with Crippen molar-refractivity contribution in [2.75, 3.05) is 62.6 Å². The number of anilines is 2. The minimum absolute atomic E-state index is 0.00683. The molecule has 0 radical (unpaired) electrons. The maximum Gasteiger partial charge on any atom is 0.253 e. The minimum atomic E-state index is 0.00683. The summed E-state index contributed by atoms with van der Waals surface area (Å²) >= 11 is 0. The fourth-order valence-corrected chi connectivity index (χ4v) is 4.18. The number of hydrogen-bond donors (Lipinski definition) is 2. The lowest BCUT2D eigenvalue weighted by atomic mass is 10.1. The first-order valence-corrected chi connectivity index (χ1v) is 11.4. The Kier molecular flexibility index (Phi) is 6.90. The van der Waals surface area contributed by atoms with Crippen molar-refractivity contribution in [3.63, 3.8) is 0 Å². The van der Waals surface area contributed by atoms with E-state index < -0.39 is 0 Å². The van der Waals surface area contributed by atoms with Crippen LogP contribution in [0.3, 0.4) is 0 Å². The Labute approximate surface area is 189 Å². The zero-order valence-corrected chi connectivity index (χ0v) is 18.9. The van der Waals surface area contributed by atoms with E-state index in [0.717, 1.165) is 37.7 Å². The van der Waals surface area contributed by atoms with Crippen LogP contribution < -0.4 is 15.5 Å². The van der Waals surface area contributed by atoms with Crippen molar-refractivity contribution in [1.82, 2.24) is 20.1 Å². The summed E-state index contributed by atoms with van der Waals surface area (Å²) in [6.07, 6.45) is 1.81. The smallest absolute Gasteiger partial charge is 0.253 e. The number of nitrogens with one attached hydrogen (secondary N) is 2. The van der Waals surface area contributed by atoms with Crippen LogP contribution in [0, 0.1) is 0 Å². The predicted octanol–water partition coefficient (Wildman–Crippen LogP) is 1.91. The summed E-state index contributed by atoms with van der Waals surface area (Å²) in [6, 6.07) is 11.4. The van der Waals surface area contributed by atoms with Gasteiger partial charge in [0.05, 0.1) is 5.69 Å². The van der Waals surface area contributed by atoms with Crippen molar-refractivity contribution in [2.45, 2.75) is 19.9 Å². The predicted molar refractivity (Wildman–Crippen MR) is 126 cm³/mol. The van der Waals surface area contributed by atoms with E-state index in [2.05, 4.69) is 34.4 Å². The lowest BCUT2D eigenvalue weighted by molar-refractivity contribution is 0.0728. The van der Waals surface area contributed by atoms with Crippen LogP contribution in [-0.2, 0) is 0 Å². The van der Waals surface area contributed by atoms with Crippen LogP contribution in [0.25, 0.3) is 0 Å². The van der Waals surface area contributed by atoms with E-state index >= 15 is 0 Å². The summed E-state index contributed by atoms with van der Waals surface area (Å²) in [5.74, 6) is 0.969. The summed E-state index contributed by atoms with van der Waals surface area (Å²) in [4.78, 5) is 36.2. The SMILES string of the molecule is CC(C)Nc1cccnc1N1CCN(C(=O)c2ccc(C(=O)N3CCNCC3)cc2)CC1. The van der Waals surface area contributed by atoms with E-state index in [0.29, 0.717) is 43.3 Å². The lowest BCUT2D eigenvalue weighted by Crippen LogP contribution is -2.49. The number of amides is 2. The highest BCUT2D eigenvalue weighted by Gasteiger charge is 2.25. The van der Waals surface area contributed by atoms with E-state index in [-0.39, 0.29) is 11.8 Å². The van der Waals surface area contributed by atoms with Crippen LogP contribution in [-0.4, -0.2) is 85.0 Å². The van der Waals surface area contributed by atoms with Gasteiger partial charge in [0.25, 0.3) is 11.8 Å². The highest BCUT2D eigenvalue weighted by molar-refractivity contribution is 5.98. The monoisotopic (exact) mass is 436 g/mol.